The van der Waals surface area contributed by atoms with Gasteiger partial charge in [-0.05, 0) is 55.2 Å². The summed E-state index contributed by atoms with van der Waals surface area (Å²) in [5.74, 6) is 0.0143. The third-order valence-electron chi connectivity index (χ3n) is 4.98. The summed E-state index contributed by atoms with van der Waals surface area (Å²) < 4.78 is 0. The van der Waals surface area contributed by atoms with Gasteiger partial charge in [-0.15, -0.1) is 0 Å². The first-order valence-electron chi connectivity index (χ1n) is 9.75. The molecule has 1 fully saturated rings. The topological polar surface area (TPSA) is 64.7 Å². The molecular formula is C22H28N4O2. The molecule has 6 nitrogen and oxygen atoms in total. The number of aryl methyl sites for hydroxylation is 1. The Morgan fingerprint density at radius 2 is 1.57 bits per heavy atom. The normalized spacial score (nSPS) is 13.3. The summed E-state index contributed by atoms with van der Waals surface area (Å²) >= 11 is 0. The zero-order valence-electron chi connectivity index (χ0n) is 16.8. The molecule has 0 unspecified atom stereocenters. The van der Waals surface area contributed by atoms with Crippen LogP contribution in [0.3, 0.4) is 0 Å². The van der Waals surface area contributed by atoms with Crippen LogP contribution in [-0.4, -0.2) is 44.0 Å². The van der Waals surface area contributed by atoms with Crippen LogP contribution in [-0.2, 0) is 6.42 Å². The Kier molecular flexibility index (Phi) is 6.19. The molecule has 28 heavy (non-hydrogen) atoms. The highest BCUT2D eigenvalue weighted by Crippen LogP contribution is 2.26. The lowest BCUT2D eigenvalue weighted by molar-refractivity contribution is 0.0793. The van der Waals surface area contributed by atoms with Gasteiger partial charge in [-0.2, -0.15) is 0 Å². The maximum Gasteiger partial charge on any atom is 0.323 e. The zero-order valence-corrected chi connectivity index (χ0v) is 16.8. The van der Waals surface area contributed by atoms with E-state index in [1.165, 1.54) is 5.56 Å². The summed E-state index contributed by atoms with van der Waals surface area (Å²) in [6.45, 7) is 3.67. The fraction of sp³-hybridized carbons (Fsp3) is 0.364. The minimum atomic E-state index is -0.332. The summed E-state index contributed by atoms with van der Waals surface area (Å²) in [5, 5.41) is 5.66. The van der Waals surface area contributed by atoms with Crippen molar-refractivity contribution < 1.29 is 9.59 Å². The number of hydrogen-bond acceptors (Lipinski definition) is 3. The lowest BCUT2D eigenvalue weighted by Gasteiger charge is -2.22. The van der Waals surface area contributed by atoms with E-state index in [9.17, 15) is 9.59 Å². The minimum Gasteiger partial charge on any atom is -0.377 e. The van der Waals surface area contributed by atoms with E-state index in [-0.39, 0.29) is 11.9 Å². The van der Waals surface area contributed by atoms with E-state index in [0.717, 1.165) is 43.7 Å². The third-order valence-corrected chi connectivity index (χ3v) is 4.98. The molecule has 3 rings (SSSR count). The van der Waals surface area contributed by atoms with E-state index in [2.05, 4.69) is 17.6 Å². The fourth-order valence-corrected chi connectivity index (χ4v) is 3.38. The SMILES string of the molecule is CCc1ccc(NC(=O)Nc2ccc(N(C)C)c(C(=O)N3CCCC3)c2)cc1. The Morgan fingerprint density at radius 3 is 2.18 bits per heavy atom. The van der Waals surface area contributed by atoms with Gasteiger partial charge in [-0.25, -0.2) is 4.79 Å². The first-order valence-corrected chi connectivity index (χ1v) is 9.75. The Hall–Kier alpha value is -3.02. The van der Waals surface area contributed by atoms with Crippen molar-refractivity contribution >= 4 is 29.0 Å². The second-order valence-electron chi connectivity index (χ2n) is 7.26. The van der Waals surface area contributed by atoms with Crippen molar-refractivity contribution in [2.45, 2.75) is 26.2 Å². The van der Waals surface area contributed by atoms with Gasteiger partial charge in [-0.3, -0.25) is 4.79 Å². The van der Waals surface area contributed by atoms with Crippen molar-refractivity contribution in [3.8, 4) is 0 Å². The van der Waals surface area contributed by atoms with Crippen molar-refractivity contribution in [2.24, 2.45) is 0 Å². The molecular weight excluding hydrogens is 352 g/mol. The zero-order chi connectivity index (χ0) is 20.1. The van der Waals surface area contributed by atoms with Crippen molar-refractivity contribution in [2.75, 3.05) is 42.7 Å². The van der Waals surface area contributed by atoms with Crippen LogP contribution in [0.5, 0.6) is 0 Å². The van der Waals surface area contributed by atoms with E-state index in [1.54, 1.807) is 6.07 Å². The third kappa shape index (κ3) is 4.63. The maximum atomic E-state index is 12.9. The number of rotatable bonds is 5. The van der Waals surface area contributed by atoms with Crippen LogP contribution in [0.25, 0.3) is 0 Å². The van der Waals surface area contributed by atoms with Gasteiger partial charge < -0.3 is 20.4 Å². The molecule has 0 saturated carbocycles. The monoisotopic (exact) mass is 380 g/mol. The van der Waals surface area contributed by atoms with Gasteiger partial charge in [-0.1, -0.05) is 19.1 Å². The van der Waals surface area contributed by atoms with E-state index >= 15 is 0 Å². The second kappa shape index (κ2) is 8.78. The molecule has 2 N–H and O–H groups in total. The molecule has 1 aliphatic heterocycles. The maximum absolute atomic E-state index is 12.9. The van der Waals surface area contributed by atoms with Gasteiger partial charge in [0.2, 0.25) is 0 Å². The Morgan fingerprint density at radius 1 is 0.964 bits per heavy atom. The van der Waals surface area contributed by atoms with Crippen molar-refractivity contribution in [1.29, 1.82) is 0 Å². The summed E-state index contributed by atoms with van der Waals surface area (Å²) in [7, 11) is 3.83. The molecule has 0 aromatic heterocycles. The highest BCUT2D eigenvalue weighted by Gasteiger charge is 2.23. The van der Waals surface area contributed by atoms with Crippen LogP contribution in [0.4, 0.5) is 21.9 Å². The minimum absolute atomic E-state index is 0.0143. The highest BCUT2D eigenvalue weighted by molar-refractivity contribution is 6.04. The number of nitrogens with one attached hydrogen (secondary N) is 2. The smallest absolute Gasteiger partial charge is 0.323 e. The molecule has 1 heterocycles. The van der Waals surface area contributed by atoms with E-state index in [4.69, 9.17) is 0 Å². The number of benzene rings is 2. The van der Waals surface area contributed by atoms with Crippen LogP contribution >= 0.6 is 0 Å². The number of likely N-dealkylation sites (tertiary alicyclic amines) is 1. The van der Waals surface area contributed by atoms with Crippen molar-refractivity contribution in [3.05, 3.63) is 53.6 Å². The Balaban J connectivity index is 1.74. The first-order chi connectivity index (χ1) is 13.5. The van der Waals surface area contributed by atoms with Crippen LogP contribution in [0.2, 0.25) is 0 Å². The Bertz CT molecular complexity index is 840. The molecule has 6 heteroatoms. The van der Waals surface area contributed by atoms with E-state index in [1.807, 2.05) is 60.3 Å². The number of urea groups is 1. The number of carbonyl (C=O) groups is 2. The Labute approximate surface area is 166 Å². The summed E-state index contributed by atoms with van der Waals surface area (Å²) in [4.78, 5) is 29.1. The predicted octanol–water partition coefficient (Wildman–Crippen LogP) is 4.20. The highest BCUT2D eigenvalue weighted by atomic mass is 16.2. The molecule has 0 spiro atoms. The molecule has 148 valence electrons. The van der Waals surface area contributed by atoms with Gasteiger partial charge in [0.05, 0.1) is 5.56 Å². The average molecular weight is 380 g/mol. The average Bonchev–Trinajstić information content (AvgIpc) is 3.22. The van der Waals surface area contributed by atoms with Gasteiger partial charge in [0.1, 0.15) is 0 Å². The largest absolute Gasteiger partial charge is 0.377 e. The van der Waals surface area contributed by atoms with E-state index < -0.39 is 0 Å². The van der Waals surface area contributed by atoms with Crippen molar-refractivity contribution in [3.63, 3.8) is 0 Å². The lowest BCUT2D eigenvalue weighted by atomic mass is 10.1. The number of amides is 3. The quantitative estimate of drug-likeness (QED) is 0.817. The van der Waals surface area contributed by atoms with Crippen molar-refractivity contribution in [1.82, 2.24) is 4.90 Å². The molecule has 0 aliphatic carbocycles. The number of nitrogens with zero attached hydrogens (tertiary/aromatic N) is 2. The summed E-state index contributed by atoms with van der Waals surface area (Å²) in [6, 6.07) is 12.9. The van der Waals surface area contributed by atoms with Gasteiger partial charge in [0.25, 0.3) is 5.91 Å². The molecule has 2 aromatic carbocycles. The number of carbonyl (C=O) groups excluding carboxylic acids is 2. The van der Waals surface area contributed by atoms with Gasteiger partial charge in [0, 0.05) is 44.2 Å². The molecule has 0 radical (unpaired) electrons. The molecule has 2 aromatic rings. The second-order valence-corrected chi connectivity index (χ2v) is 7.26. The summed E-state index contributed by atoms with van der Waals surface area (Å²) in [6.07, 6.45) is 3.04. The van der Waals surface area contributed by atoms with Gasteiger partial charge >= 0.3 is 6.03 Å². The molecule has 1 aliphatic rings. The standard InChI is InChI=1S/C22H28N4O2/c1-4-16-7-9-17(10-8-16)23-22(28)24-18-11-12-20(25(2)3)19(15-18)21(27)26-13-5-6-14-26/h7-12,15H,4-6,13-14H2,1-3H3,(H2,23,24,28). The van der Waals surface area contributed by atoms with Crippen LogP contribution < -0.4 is 15.5 Å². The lowest BCUT2D eigenvalue weighted by Crippen LogP contribution is -2.29. The number of anilines is 3. The van der Waals surface area contributed by atoms with Gasteiger partial charge in [0.15, 0.2) is 0 Å². The van der Waals surface area contributed by atoms with E-state index in [0.29, 0.717) is 11.3 Å². The molecule has 3 amide bonds. The van der Waals surface area contributed by atoms with Crippen LogP contribution in [0.1, 0.15) is 35.7 Å². The fourth-order valence-electron chi connectivity index (χ4n) is 3.38. The molecule has 1 saturated heterocycles. The first kappa shape index (κ1) is 19.7. The molecule has 0 atom stereocenters. The predicted molar refractivity (Wildman–Crippen MR) is 114 cm³/mol. The van der Waals surface area contributed by atoms with Crippen LogP contribution in [0, 0.1) is 0 Å². The summed E-state index contributed by atoms with van der Waals surface area (Å²) in [5.41, 5.74) is 3.99. The number of hydrogen-bond donors (Lipinski definition) is 2. The van der Waals surface area contributed by atoms with Crippen LogP contribution in [0.15, 0.2) is 42.5 Å². The molecule has 0 bridgehead atoms.